The van der Waals surface area contributed by atoms with Crippen LogP contribution >= 0.6 is 0 Å². The van der Waals surface area contributed by atoms with Crippen molar-refractivity contribution < 1.29 is 34.1 Å². The summed E-state index contributed by atoms with van der Waals surface area (Å²) < 4.78 is 10.7. The summed E-state index contributed by atoms with van der Waals surface area (Å²) in [6.45, 7) is 9.31. The van der Waals surface area contributed by atoms with Gasteiger partial charge in [-0.3, -0.25) is 0 Å². The molecule has 9 heteroatoms. The molecule has 2 aliphatic heterocycles. The Kier molecular flexibility index (Phi) is 5.72. The number of aliphatic carboxylic acids is 2. The van der Waals surface area contributed by atoms with Crippen molar-refractivity contribution in [3.8, 4) is 0 Å². The van der Waals surface area contributed by atoms with Gasteiger partial charge in [-0.15, -0.1) is 0 Å². The van der Waals surface area contributed by atoms with E-state index >= 15 is 0 Å². The largest absolute Gasteiger partial charge is 0.473 e. The van der Waals surface area contributed by atoms with Crippen LogP contribution in [-0.2, 0) is 19.1 Å². The standard InChI is InChI=1S/C11H20N2O3.C2H2O4/c1-10(2,3)16-9(14)13-6-11(7-13)8-15-5-4-12-11;3-1(4)2(5)6/h12H,4-8H2,1-3H3;(H,3,4)(H,5,6). The maximum Gasteiger partial charge on any atom is 0.414 e. The first-order valence-electron chi connectivity index (χ1n) is 6.82. The van der Waals surface area contributed by atoms with Crippen molar-refractivity contribution in [1.82, 2.24) is 10.2 Å². The van der Waals surface area contributed by atoms with Crippen LogP contribution in [0.15, 0.2) is 0 Å². The average Bonchev–Trinajstić information content (AvgIpc) is 2.35. The molecule has 2 aliphatic rings. The maximum absolute atomic E-state index is 11.7. The van der Waals surface area contributed by atoms with Crippen LogP contribution in [0.25, 0.3) is 0 Å². The molecular formula is C13H22N2O7. The second kappa shape index (κ2) is 6.93. The third kappa shape index (κ3) is 5.49. The lowest BCUT2D eigenvalue weighted by Gasteiger charge is -2.51. The molecule has 2 rings (SSSR count). The van der Waals surface area contributed by atoms with E-state index in [1.807, 2.05) is 20.8 Å². The Labute approximate surface area is 128 Å². The zero-order valence-electron chi connectivity index (χ0n) is 12.9. The van der Waals surface area contributed by atoms with E-state index in [9.17, 15) is 4.79 Å². The third-order valence-corrected chi connectivity index (χ3v) is 2.95. The smallest absolute Gasteiger partial charge is 0.414 e. The molecule has 0 radical (unpaired) electrons. The average molecular weight is 318 g/mol. The van der Waals surface area contributed by atoms with Gasteiger partial charge in [0.1, 0.15) is 5.60 Å². The number of carboxylic acids is 2. The minimum atomic E-state index is -1.82. The van der Waals surface area contributed by atoms with Gasteiger partial charge >= 0.3 is 18.0 Å². The molecule has 2 heterocycles. The number of hydrogen-bond acceptors (Lipinski definition) is 6. The molecule has 0 saturated carbocycles. The number of carbonyl (C=O) groups excluding carboxylic acids is 1. The van der Waals surface area contributed by atoms with Crippen molar-refractivity contribution >= 4 is 18.0 Å². The van der Waals surface area contributed by atoms with Crippen LogP contribution in [0.4, 0.5) is 4.79 Å². The Morgan fingerprint density at radius 2 is 1.73 bits per heavy atom. The first-order valence-corrected chi connectivity index (χ1v) is 6.82. The number of nitrogens with one attached hydrogen (secondary N) is 1. The molecular weight excluding hydrogens is 296 g/mol. The second-order valence-electron chi connectivity index (χ2n) is 6.21. The predicted octanol–water partition coefficient (Wildman–Crippen LogP) is -0.249. The highest BCUT2D eigenvalue weighted by Gasteiger charge is 2.47. The number of ether oxygens (including phenoxy) is 2. The fourth-order valence-electron chi connectivity index (χ4n) is 2.05. The molecule has 1 spiro atoms. The fraction of sp³-hybridized carbons (Fsp3) is 0.769. The number of carboxylic acid groups (broad SMARTS) is 2. The Morgan fingerprint density at radius 1 is 1.18 bits per heavy atom. The first-order chi connectivity index (χ1) is 10.0. The molecule has 0 aliphatic carbocycles. The number of carbonyl (C=O) groups is 3. The van der Waals surface area contributed by atoms with Crippen LogP contribution in [0.2, 0.25) is 0 Å². The second-order valence-corrected chi connectivity index (χ2v) is 6.21. The summed E-state index contributed by atoms with van der Waals surface area (Å²) in [6.07, 6.45) is -0.231. The Morgan fingerprint density at radius 3 is 2.09 bits per heavy atom. The zero-order chi connectivity index (χ0) is 17.0. The van der Waals surface area contributed by atoms with Gasteiger partial charge in [0.25, 0.3) is 0 Å². The molecule has 0 aromatic heterocycles. The summed E-state index contributed by atoms with van der Waals surface area (Å²) in [5, 5.41) is 18.2. The zero-order valence-corrected chi connectivity index (χ0v) is 12.9. The predicted molar refractivity (Wildman–Crippen MR) is 74.6 cm³/mol. The summed E-state index contributed by atoms with van der Waals surface area (Å²) >= 11 is 0. The molecule has 0 atom stereocenters. The summed E-state index contributed by atoms with van der Waals surface area (Å²) in [4.78, 5) is 31.6. The SMILES string of the molecule is CC(C)(C)OC(=O)N1CC2(COCCN2)C1.O=C(O)C(=O)O. The molecule has 0 unspecified atom stereocenters. The number of morpholine rings is 1. The Hall–Kier alpha value is -1.87. The van der Waals surface area contributed by atoms with Crippen LogP contribution in [-0.4, -0.2) is 77.1 Å². The van der Waals surface area contributed by atoms with Crippen LogP contribution in [0, 0.1) is 0 Å². The highest BCUT2D eigenvalue weighted by atomic mass is 16.6. The molecule has 1 amide bonds. The number of nitrogens with zero attached hydrogens (tertiary/aromatic N) is 1. The third-order valence-electron chi connectivity index (χ3n) is 2.95. The van der Waals surface area contributed by atoms with E-state index in [4.69, 9.17) is 29.3 Å². The summed E-state index contributed by atoms with van der Waals surface area (Å²) in [5.41, 5.74) is -0.439. The highest BCUT2D eigenvalue weighted by Crippen LogP contribution is 2.25. The van der Waals surface area contributed by atoms with Crippen molar-refractivity contribution in [2.75, 3.05) is 32.8 Å². The molecule has 126 valence electrons. The molecule has 2 fully saturated rings. The minimum absolute atomic E-state index is 0.0187. The van der Waals surface area contributed by atoms with Gasteiger partial charge in [-0.25, -0.2) is 14.4 Å². The lowest BCUT2D eigenvalue weighted by molar-refractivity contribution is -0.159. The number of amides is 1. The Bertz CT molecular complexity index is 418. The van der Waals surface area contributed by atoms with Gasteiger partial charge in [-0.1, -0.05) is 0 Å². The monoisotopic (exact) mass is 318 g/mol. The van der Waals surface area contributed by atoms with E-state index in [1.165, 1.54) is 0 Å². The molecule has 9 nitrogen and oxygen atoms in total. The summed E-state index contributed by atoms with van der Waals surface area (Å²) in [5.74, 6) is -3.65. The van der Waals surface area contributed by atoms with E-state index in [0.717, 1.165) is 13.2 Å². The number of hydrogen-bond donors (Lipinski definition) is 3. The van der Waals surface area contributed by atoms with Crippen molar-refractivity contribution in [1.29, 1.82) is 0 Å². The van der Waals surface area contributed by atoms with Gasteiger partial charge in [0.2, 0.25) is 0 Å². The summed E-state index contributed by atoms with van der Waals surface area (Å²) in [7, 11) is 0. The van der Waals surface area contributed by atoms with E-state index in [-0.39, 0.29) is 11.6 Å². The molecule has 0 aromatic rings. The van der Waals surface area contributed by atoms with Gasteiger partial charge in [-0.2, -0.15) is 0 Å². The molecule has 0 bridgehead atoms. The van der Waals surface area contributed by atoms with Crippen LogP contribution in [0.1, 0.15) is 20.8 Å². The quantitative estimate of drug-likeness (QED) is 0.522. The number of rotatable bonds is 0. The van der Waals surface area contributed by atoms with Gasteiger partial charge < -0.3 is 29.9 Å². The normalized spacial score (nSPS) is 19.5. The first kappa shape index (κ1) is 18.2. The van der Waals surface area contributed by atoms with Crippen molar-refractivity contribution in [3.05, 3.63) is 0 Å². The van der Waals surface area contributed by atoms with Crippen molar-refractivity contribution in [2.45, 2.75) is 31.9 Å². The van der Waals surface area contributed by atoms with Crippen molar-refractivity contribution in [3.63, 3.8) is 0 Å². The highest BCUT2D eigenvalue weighted by molar-refractivity contribution is 6.27. The van der Waals surface area contributed by atoms with Crippen molar-refractivity contribution in [2.24, 2.45) is 0 Å². The van der Waals surface area contributed by atoms with Gasteiger partial charge in [0, 0.05) is 19.6 Å². The van der Waals surface area contributed by atoms with Gasteiger partial charge in [-0.05, 0) is 20.8 Å². The van der Waals surface area contributed by atoms with E-state index in [2.05, 4.69) is 5.32 Å². The fourth-order valence-corrected chi connectivity index (χ4v) is 2.05. The lowest BCUT2D eigenvalue weighted by atomic mass is 9.90. The van der Waals surface area contributed by atoms with Crippen LogP contribution in [0.3, 0.4) is 0 Å². The van der Waals surface area contributed by atoms with Gasteiger partial charge in [0.15, 0.2) is 0 Å². The molecule has 2 saturated heterocycles. The molecule has 22 heavy (non-hydrogen) atoms. The van der Waals surface area contributed by atoms with Gasteiger partial charge in [0.05, 0.1) is 18.8 Å². The molecule has 3 N–H and O–H groups in total. The molecule has 0 aromatic carbocycles. The van der Waals surface area contributed by atoms with E-state index in [1.54, 1.807) is 4.90 Å². The van der Waals surface area contributed by atoms with E-state index in [0.29, 0.717) is 19.7 Å². The van der Waals surface area contributed by atoms with Crippen LogP contribution in [0.5, 0.6) is 0 Å². The Balaban J connectivity index is 0.000000346. The van der Waals surface area contributed by atoms with Crippen LogP contribution < -0.4 is 5.32 Å². The lowest BCUT2D eigenvalue weighted by Crippen LogP contribution is -2.74. The minimum Gasteiger partial charge on any atom is -0.473 e. The number of likely N-dealkylation sites (tertiary alicyclic amines) is 1. The summed E-state index contributed by atoms with van der Waals surface area (Å²) in [6, 6.07) is 0. The van der Waals surface area contributed by atoms with E-state index < -0.39 is 17.5 Å². The maximum atomic E-state index is 11.7. The topological polar surface area (TPSA) is 125 Å².